The Hall–Kier alpha value is -2.20. The van der Waals surface area contributed by atoms with Gasteiger partial charge in [0.05, 0.1) is 0 Å². The SMILES string of the molecule is CCc1cccc(-c2cccc(C3CCC4(CCN(C)C4=O)N3)c2)c1F. The van der Waals surface area contributed by atoms with Gasteiger partial charge in [-0.2, -0.15) is 0 Å². The highest BCUT2D eigenvalue weighted by atomic mass is 19.1. The van der Waals surface area contributed by atoms with Crippen molar-refractivity contribution < 1.29 is 9.18 Å². The summed E-state index contributed by atoms with van der Waals surface area (Å²) in [6.07, 6.45) is 3.35. The van der Waals surface area contributed by atoms with Crippen molar-refractivity contribution in [2.75, 3.05) is 13.6 Å². The second-order valence-corrected chi connectivity index (χ2v) is 7.55. The lowest BCUT2D eigenvalue weighted by Crippen LogP contribution is -2.47. The summed E-state index contributed by atoms with van der Waals surface area (Å²) in [5, 5.41) is 3.59. The predicted octanol–water partition coefficient (Wildman–Crippen LogP) is 4.08. The molecule has 2 fully saturated rings. The third kappa shape index (κ3) is 2.73. The predicted molar refractivity (Wildman–Crippen MR) is 101 cm³/mol. The Morgan fingerprint density at radius 3 is 2.77 bits per heavy atom. The van der Waals surface area contributed by atoms with Gasteiger partial charge >= 0.3 is 0 Å². The molecule has 0 radical (unpaired) electrons. The summed E-state index contributed by atoms with van der Waals surface area (Å²) in [7, 11) is 1.87. The van der Waals surface area contributed by atoms with Crippen LogP contribution in [0.1, 0.15) is 43.4 Å². The van der Waals surface area contributed by atoms with Crippen molar-refractivity contribution in [2.24, 2.45) is 0 Å². The number of aryl methyl sites for hydroxylation is 1. The molecule has 1 N–H and O–H groups in total. The smallest absolute Gasteiger partial charge is 0.242 e. The Morgan fingerprint density at radius 1 is 1.23 bits per heavy atom. The molecule has 0 bridgehead atoms. The first-order valence-electron chi connectivity index (χ1n) is 9.45. The second kappa shape index (κ2) is 6.51. The van der Waals surface area contributed by atoms with E-state index in [0.29, 0.717) is 12.0 Å². The largest absolute Gasteiger partial charge is 0.344 e. The fourth-order valence-electron chi connectivity index (χ4n) is 4.42. The molecule has 0 saturated carbocycles. The summed E-state index contributed by atoms with van der Waals surface area (Å²) >= 11 is 0. The maximum atomic E-state index is 14.7. The zero-order valence-corrected chi connectivity index (χ0v) is 15.4. The molecule has 3 nitrogen and oxygen atoms in total. The lowest BCUT2D eigenvalue weighted by molar-refractivity contribution is -0.131. The average Bonchev–Trinajstić information content (AvgIpc) is 3.22. The number of carbonyl (C=O) groups is 1. The molecule has 2 aromatic carbocycles. The molecule has 1 spiro atoms. The van der Waals surface area contributed by atoms with Crippen molar-refractivity contribution in [2.45, 2.75) is 44.2 Å². The van der Waals surface area contributed by atoms with Gasteiger partial charge in [-0.3, -0.25) is 10.1 Å². The lowest BCUT2D eigenvalue weighted by Gasteiger charge is -2.23. The summed E-state index contributed by atoms with van der Waals surface area (Å²) in [5.41, 5.74) is 3.01. The van der Waals surface area contributed by atoms with Crippen molar-refractivity contribution in [3.63, 3.8) is 0 Å². The zero-order chi connectivity index (χ0) is 18.3. The molecule has 2 heterocycles. The van der Waals surface area contributed by atoms with E-state index in [-0.39, 0.29) is 17.8 Å². The van der Waals surface area contributed by atoms with Crippen LogP contribution in [0.2, 0.25) is 0 Å². The van der Waals surface area contributed by atoms with E-state index in [2.05, 4.69) is 17.4 Å². The standard InChI is InChI=1S/C22H25FN2O/c1-3-15-6-5-9-18(20(15)23)16-7-4-8-17(14-16)19-10-11-22(24-19)12-13-25(2)21(22)26/h4-9,14,19,24H,3,10-13H2,1-2H3. The number of amides is 1. The van der Waals surface area contributed by atoms with E-state index in [1.54, 1.807) is 0 Å². The molecule has 0 aliphatic carbocycles. The molecular weight excluding hydrogens is 327 g/mol. The van der Waals surface area contributed by atoms with Crippen LogP contribution in [0, 0.1) is 5.82 Å². The zero-order valence-electron chi connectivity index (χ0n) is 15.4. The molecule has 4 rings (SSSR count). The molecule has 4 heteroatoms. The van der Waals surface area contributed by atoms with Gasteiger partial charge in [-0.25, -0.2) is 4.39 Å². The van der Waals surface area contributed by atoms with E-state index in [1.807, 2.05) is 49.2 Å². The number of rotatable bonds is 3. The number of benzene rings is 2. The highest BCUT2D eigenvalue weighted by molar-refractivity contribution is 5.88. The molecule has 2 aliphatic rings. The molecular formula is C22H25FN2O. The minimum atomic E-state index is -0.400. The Bertz CT molecular complexity index is 850. The highest BCUT2D eigenvalue weighted by Crippen LogP contribution is 2.39. The number of likely N-dealkylation sites (tertiary alicyclic amines) is 1. The Kier molecular flexibility index (Phi) is 4.31. The van der Waals surface area contributed by atoms with Crippen molar-refractivity contribution in [3.8, 4) is 11.1 Å². The molecule has 2 saturated heterocycles. The molecule has 136 valence electrons. The van der Waals surface area contributed by atoms with Crippen LogP contribution in [0.5, 0.6) is 0 Å². The monoisotopic (exact) mass is 352 g/mol. The first kappa shape index (κ1) is 17.2. The van der Waals surface area contributed by atoms with Crippen molar-refractivity contribution in [3.05, 3.63) is 59.4 Å². The third-order valence-corrected chi connectivity index (χ3v) is 6.00. The van der Waals surface area contributed by atoms with E-state index in [9.17, 15) is 9.18 Å². The second-order valence-electron chi connectivity index (χ2n) is 7.55. The fourth-order valence-corrected chi connectivity index (χ4v) is 4.42. The van der Waals surface area contributed by atoms with E-state index < -0.39 is 5.54 Å². The van der Waals surface area contributed by atoms with Crippen molar-refractivity contribution >= 4 is 5.91 Å². The average molecular weight is 352 g/mol. The van der Waals surface area contributed by atoms with Gasteiger partial charge in [0.2, 0.25) is 5.91 Å². The van der Waals surface area contributed by atoms with Gasteiger partial charge < -0.3 is 4.90 Å². The summed E-state index contributed by atoms with van der Waals surface area (Å²) in [6.45, 7) is 2.78. The van der Waals surface area contributed by atoms with Crippen LogP contribution < -0.4 is 5.32 Å². The highest BCUT2D eigenvalue weighted by Gasteiger charge is 2.49. The summed E-state index contributed by atoms with van der Waals surface area (Å²) < 4.78 is 14.7. The molecule has 1 amide bonds. The van der Waals surface area contributed by atoms with Crippen LogP contribution in [-0.2, 0) is 11.2 Å². The van der Waals surface area contributed by atoms with E-state index >= 15 is 0 Å². The normalized spacial score (nSPS) is 25.4. The third-order valence-electron chi connectivity index (χ3n) is 6.00. The van der Waals surface area contributed by atoms with E-state index in [1.165, 1.54) is 0 Å². The van der Waals surface area contributed by atoms with Crippen LogP contribution in [0.25, 0.3) is 11.1 Å². The van der Waals surface area contributed by atoms with Gasteiger partial charge in [-0.1, -0.05) is 43.3 Å². The Morgan fingerprint density at radius 2 is 2.04 bits per heavy atom. The number of hydrogen-bond acceptors (Lipinski definition) is 2. The van der Waals surface area contributed by atoms with Gasteiger partial charge in [-0.05, 0) is 48.4 Å². The number of hydrogen-bond donors (Lipinski definition) is 1. The topological polar surface area (TPSA) is 32.3 Å². The van der Waals surface area contributed by atoms with Gasteiger partial charge in [0.1, 0.15) is 11.4 Å². The lowest BCUT2D eigenvalue weighted by atomic mass is 9.95. The van der Waals surface area contributed by atoms with Crippen LogP contribution in [0.15, 0.2) is 42.5 Å². The molecule has 2 aromatic rings. The molecule has 26 heavy (non-hydrogen) atoms. The Balaban J connectivity index is 1.63. The fraction of sp³-hybridized carbons (Fsp3) is 0.409. The number of nitrogens with one attached hydrogen (secondary N) is 1. The summed E-state index contributed by atoms with van der Waals surface area (Å²) in [5.74, 6) is 0.0773. The van der Waals surface area contributed by atoms with Crippen LogP contribution in [0.4, 0.5) is 4.39 Å². The summed E-state index contributed by atoms with van der Waals surface area (Å²) in [4.78, 5) is 14.3. The molecule has 2 atom stereocenters. The van der Waals surface area contributed by atoms with Gasteiger partial charge in [0.15, 0.2) is 0 Å². The number of halogens is 1. The van der Waals surface area contributed by atoms with Crippen LogP contribution >= 0.6 is 0 Å². The number of carbonyl (C=O) groups excluding carboxylic acids is 1. The van der Waals surface area contributed by atoms with E-state index in [4.69, 9.17) is 0 Å². The number of nitrogens with zero attached hydrogens (tertiary/aromatic N) is 1. The molecule has 0 aromatic heterocycles. The van der Waals surface area contributed by atoms with Gasteiger partial charge in [0, 0.05) is 25.2 Å². The van der Waals surface area contributed by atoms with E-state index in [0.717, 1.165) is 42.5 Å². The maximum absolute atomic E-state index is 14.7. The van der Waals surface area contributed by atoms with Crippen molar-refractivity contribution in [1.29, 1.82) is 0 Å². The summed E-state index contributed by atoms with van der Waals surface area (Å²) in [6, 6.07) is 13.8. The molecule has 2 unspecified atom stereocenters. The molecule has 2 aliphatic heterocycles. The first-order valence-corrected chi connectivity index (χ1v) is 9.45. The first-order chi connectivity index (χ1) is 12.5. The van der Waals surface area contributed by atoms with Crippen LogP contribution in [-0.4, -0.2) is 29.9 Å². The Labute approximate surface area is 154 Å². The minimum absolute atomic E-state index is 0.129. The maximum Gasteiger partial charge on any atom is 0.242 e. The van der Waals surface area contributed by atoms with Gasteiger partial charge in [0.25, 0.3) is 0 Å². The number of likely N-dealkylation sites (N-methyl/N-ethyl adjacent to an activating group) is 1. The van der Waals surface area contributed by atoms with Gasteiger partial charge in [-0.15, -0.1) is 0 Å². The quantitative estimate of drug-likeness (QED) is 0.903. The van der Waals surface area contributed by atoms with Crippen molar-refractivity contribution in [1.82, 2.24) is 10.2 Å². The van der Waals surface area contributed by atoms with Crippen LogP contribution in [0.3, 0.4) is 0 Å². The minimum Gasteiger partial charge on any atom is -0.344 e.